The molecule has 1 aromatic carbocycles. The Labute approximate surface area is 156 Å². The van der Waals surface area contributed by atoms with Gasteiger partial charge in [-0.3, -0.25) is 0 Å². The number of carboxylic acids is 1. The van der Waals surface area contributed by atoms with Crippen LogP contribution in [-0.4, -0.2) is 65.3 Å². The van der Waals surface area contributed by atoms with Gasteiger partial charge in [0.25, 0.3) is 0 Å². The molecular weight excluding hydrogens is 350 g/mol. The third kappa shape index (κ3) is 4.63. The van der Waals surface area contributed by atoms with E-state index in [4.69, 9.17) is 9.84 Å². The summed E-state index contributed by atoms with van der Waals surface area (Å²) < 4.78 is 5.11. The van der Waals surface area contributed by atoms with Crippen LogP contribution in [-0.2, 0) is 6.54 Å². The molecule has 9 heteroatoms. The Kier molecular flexibility index (Phi) is 5.70. The number of piperazine rings is 1. The number of urea groups is 1. The van der Waals surface area contributed by atoms with E-state index in [1.54, 1.807) is 36.4 Å². The van der Waals surface area contributed by atoms with E-state index in [-0.39, 0.29) is 11.6 Å². The van der Waals surface area contributed by atoms with Crippen molar-refractivity contribution in [2.45, 2.75) is 6.54 Å². The van der Waals surface area contributed by atoms with E-state index in [0.29, 0.717) is 44.6 Å². The van der Waals surface area contributed by atoms with Gasteiger partial charge in [-0.25, -0.2) is 14.6 Å². The Morgan fingerprint density at radius 3 is 2.48 bits per heavy atom. The fraction of sp³-hybridized carbons (Fsp3) is 0.333. The van der Waals surface area contributed by atoms with E-state index in [1.165, 1.54) is 12.1 Å². The maximum absolute atomic E-state index is 12.3. The normalized spacial score (nSPS) is 14.0. The van der Waals surface area contributed by atoms with Gasteiger partial charge in [0, 0.05) is 45.0 Å². The molecule has 142 valence electrons. The highest BCUT2D eigenvalue weighted by molar-refractivity contribution is 5.87. The zero-order valence-electron chi connectivity index (χ0n) is 15.0. The van der Waals surface area contributed by atoms with Gasteiger partial charge in [0.05, 0.1) is 12.7 Å². The zero-order valence-corrected chi connectivity index (χ0v) is 15.0. The minimum absolute atomic E-state index is 0.150. The molecule has 1 aromatic heterocycles. The van der Waals surface area contributed by atoms with E-state index in [1.807, 2.05) is 4.90 Å². The smallest absolute Gasteiger partial charge is 0.335 e. The summed E-state index contributed by atoms with van der Waals surface area (Å²) in [6.07, 6.45) is 1.65. The Bertz CT molecular complexity index is 804. The number of aromatic nitrogens is 2. The number of methoxy groups -OCH3 is 1. The van der Waals surface area contributed by atoms with E-state index in [9.17, 15) is 9.59 Å². The molecule has 1 aliphatic heterocycles. The number of ether oxygens (including phenoxy) is 1. The second-order valence-corrected chi connectivity index (χ2v) is 6.03. The molecule has 2 aromatic rings. The second kappa shape index (κ2) is 8.35. The van der Waals surface area contributed by atoms with Crippen molar-refractivity contribution in [1.82, 2.24) is 20.2 Å². The van der Waals surface area contributed by atoms with Gasteiger partial charge in [0.1, 0.15) is 0 Å². The molecule has 0 atom stereocenters. The first-order valence-electron chi connectivity index (χ1n) is 8.54. The van der Waals surface area contributed by atoms with Crippen molar-refractivity contribution < 1.29 is 19.4 Å². The lowest BCUT2D eigenvalue weighted by Crippen LogP contribution is -2.52. The van der Waals surface area contributed by atoms with Crippen LogP contribution in [0.1, 0.15) is 15.9 Å². The van der Waals surface area contributed by atoms with Gasteiger partial charge in [-0.2, -0.15) is 4.98 Å². The first-order chi connectivity index (χ1) is 13.1. The van der Waals surface area contributed by atoms with Crippen molar-refractivity contribution in [3.05, 3.63) is 47.7 Å². The van der Waals surface area contributed by atoms with Crippen LogP contribution in [0.4, 0.5) is 10.7 Å². The van der Waals surface area contributed by atoms with Gasteiger partial charge in [0.15, 0.2) is 0 Å². The minimum atomic E-state index is -0.969. The van der Waals surface area contributed by atoms with Crippen LogP contribution >= 0.6 is 0 Å². The van der Waals surface area contributed by atoms with Crippen LogP contribution in [0, 0.1) is 0 Å². The number of nitrogens with zero attached hydrogens (tertiary/aromatic N) is 4. The van der Waals surface area contributed by atoms with Crippen LogP contribution in [0.2, 0.25) is 0 Å². The van der Waals surface area contributed by atoms with Crippen LogP contribution in [0.25, 0.3) is 0 Å². The number of benzene rings is 1. The Balaban J connectivity index is 1.48. The van der Waals surface area contributed by atoms with Gasteiger partial charge in [-0.15, -0.1) is 0 Å². The summed E-state index contributed by atoms with van der Waals surface area (Å²) in [5.74, 6) is 0.130. The molecule has 0 unspecified atom stereocenters. The van der Waals surface area contributed by atoms with Crippen molar-refractivity contribution in [3.8, 4) is 5.88 Å². The largest absolute Gasteiger partial charge is 0.481 e. The summed E-state index contributed by atoms with van der Waals surface area (Å²) in [5.41, 5.74) is 1.07. The zero-order chi connectivity index (χ0) is 19.2. The Hall–Kier alpha value is -3.36. The highest BCUT2D eigenvalue weighted by atomic mass is 16.5. The molecule has 0 saturated carbocycles. The minimum Gasteiger partial charge on any atom is -0.481 e. The molecule has 2 N–H and O–H groups in total. The average Bonchev–Trinajstić information content (AvgIpc) is 2.72. The topological polar surface area (TPSA) is 108 Å². The predicted octanol–water partition coefficient (Wildman–Crippen LogP) is 1.22. The molecule has 1 fully saturated rings. The standard InChI is InChI=1S/C18H21N5O4/c1-27-15-6-7-19-17(21-15)22-8-10-23(11-9-22)18(26)20-12-13-2-4-14(5-3-13)16(24)25/h2-7H,8-12H2,1H3,(H,20,26)(H,24,25). The summed E-state index contributed by atoms with van der Waals surface area (Å²) in [4.78, 5) is 35.5. The number of anilines is 1. The lowest BCUT2D eigenvalue weighted by atomic mass is 10.1. The van der Waals surface area contributed by atoms with Gasteiger partial charge in [-0.05, 0) is 17.7 Å². The summed E-state index contributed by atoms with van der Waals surface area (Å²) in [7, 11) is 1.56. The van der Waals surface area contributed by atoms with Crippen molar-refractivity contribution in [1.29, 1.82) is 0 Å². The number of rotatable bonds is 5. The van der Waals surface area contributed by atoms with Crippen molar-refractivity contribution in [3.63, 3.8) is 0 Å². The molecule has 2 heterocycles. The Morgan fingerprint density at radius 2 is 1.85 bits per heavy atom. The SMILES string of the molecule is COc1ccnc(N2CCN(C(=O)NCc3ccc(C(=O)O)cc3)CC2)n1. The van der Waals surface area contributed by atoms with E-state index in [2.05, 4.69) is 15.3 Å². The highest BCUT2D eigenvalue weighted by Gasteiger charge is 2.22. The molecule has 1 saturated heterocycles. The van der Waals surface area contributed by atoms with Crippen LogP contribution in [0.15, 0.2) is 36.5 Å². The predicted molar refractivity (Wildman–Crippen MR) is 98.0 cm³/mol. The summed E-state index contributed by atoms with van der Waals surface area (Å²) in [6.45, 7) is 2.73. The van der Waals surface area contributed by atoms with Gasteiger partial charge < -0.3 is 25.0 Å². The number of carbonyl (C=O) groups excluding carboxylic acids is 1. The molecule has 9 nitrogen and oxygen atoms in total. The Morgan fingerprint density at radius 1 is 1.15 bits per heavy atom. The van der Waals surface area contributed by atoms with Crippen molar-refractivity contribution in [2.24, 2.45) is 0 Å². The highest BCUT2D eigenvalue weighted by Crippen LogP contribution is 2.14. The first-order valence-corrected chi connectivity index (χ1v) is 8.54. The number of carbonyl (C=O) groups is 2. The van der Waals surface area contributed by atoms with Crippen molar-refractivity contribution >= 4 is 17.9 Å². The summed E-state index contributed by atoms with van der Waals surface area (Å²) in [5, 5.41) is 11.8. The quantitative estimate of drug-likeness (QED) is 0.813. The fourth-order valence-corrected chi connectivity index (χ4v) is 2.76. The van der Waals surface area contributed by atoms with Crippen LogP contribution in [0.3, 0.4) is 0 Å². The number of nitrogens with one attached hydrogen (secondary N) is 1. The number of aromatic carboxylic acids is 1. The molecule has 0 spiro atoms. The fourth-order valence-electron chi connectivity index (χ4n) is 2.76. The number of hydrogen-bond acceptors (Lipinski definition) is 6. The van der Waals surface area contributed by atoms with Gasteiger partial charge in [0.2, 0.25) is 11.8 Å². The third-order valence-electron chi connectivity index (χ3n) is 4.32. The van der Waals surface area contributed by atoms with Crippen molar-refractivity contribution in [2.75, 3.05) is 38.2 Å². The number of amides is 2. The summed E-state index contributed by atoms with van der Waals surface area (Å²) >= 11 is 0. The average molecular weight is 371 g/mol. The van der Waals surface area contributed by atoms with E-state index in [0.717, 1.165) is 5.56 Å². The monoisotopic (exact) mass is 371 g/mol. The molecule has 1 aliphatic rings. The number of hydrogen-bond donors (Lipinski definition) is 2. The van der Waals surface area contributed by atoms with Crippen LogP contribution in [0.5, 0.6) is 5.88 Å². The molecular formula is C18H21N5O4. The van der Waals surface area contributed by atoms with Gasteiger partial charge in [-0.1, -0.05) is 12.1 Å². The molecule has 2 amide bonds. The molecule has 0 aliphatic carbocycles. The molecule has 27 heavy (non-hydrogen) atoms. The van der Waals surface area contributed by atoms with E-state index < -0.39 is 5.97 Å². The lowest BCUT2D eigenvalue weighted by molar-refractivity contribution is 0.0697. The maximum atomic E-state index is 12.3. The van der Waals surface area contributed by atoms with Gasteiger partial charge >= 0.3 is 12.0 Å². The van der Waals surface area contributed by atoms with E-state index >= 15 is 0 Å². The number of carboxylic acid groups (broad SMARTS) is 1. The maximum Gasteiger partial charge on any atom is 0.335 e. The first kappa shape index (κ1) is 18.4. The molecule has 3 rings (SSSR count). The molecule has 0 radical (unpaired) electrons. The lowest BCUT2D eigenvalue weighted by Gasteiger charge is -2.34. The summed E-state index contributed by atoms with van der Waals surface area (Å²) in [6, 6.07) is 7.98. The molecule has 0 bridgehead atoms. The van der Waals surface area contributed by atoms with Crippen LogP contribution < -0.4 is 15.0 Å². The second-order valence-electron chi connectivity index (χ2n) is 6.03. The third-order valence-corrected chi connectivity index (χ3v) is 4.32.